The Morgan fingerprint density at radius 3 is 3.06 bits per heavy atom. The highest BCUT2D eigenvalue weighted by Crippen LogP contribution is 2.34. The molecule has 1 heterocycles. The van der Waals surface area contributed by atoms with E-state index in [0.29, 0.717) is 12.6 Å². The van der Waals surface area contributed by atoms with Gasteiger partial charge in [0.05, 0.1) is 6.61 Å². The van der Waals surface area contributed by atoms with E-state index in [1.807, 2.05) is 0 Å². The summed E-state index contributed by atoms with van der Waals surface area (Å²) < 4.78 is 9.29. The Bertz CT molecular complexity index is 325. The normalized spacial score (nSPS) is 17.4. The number of anilines is 1. The highest BCUT2D eigenvalue weighted by atomic mass is 32.1. The van der Waals surface area contributed by atoms with Crippen LogP contribution in [-0.4, -0.2) is 29.1 Å². The minimum Gasteiger partial charge on any atom is -0.384 e. The number of nitrogens with one attached hydrogen (secondary N) is 1. The van der Waals surface area contributed by atoms with Gasteiger partial charge < -0.3 is 10.1 Å². The van der Waals surface area contributed by atoms with E-state index in [-0.39, 0.29) is 0 Å². The van der Waals surface area contributed by atoms with Crippen LogP contribution in [0.2, 0.25) is 0 Å². The van der Waals surface area contributed by atoms with Crippen molar-refractivity contribution < 1.29 is 4.74 Å². The number of hydrogen-bond donors (Lipinski definition) is 1. The highest BCUT2D eigenvalue weighted by molar-refractivity contribution is 7.09. The molecule has 0 saturated heterocycles. The number of rotatable bonds is 7. The molecule has 1 aliphatic rings. The summed E-state index contributed by atoms with van der Waals surface area (Å²) in [5.74, 6) is 1.83. The van der Waals surface area contributed by atoms with Crippen molar-refractivity contribution >= 4 is 16.7 Å². The molecule has 16 heavy (non-hydrogen) atoms. The van der Waals surface area contributed by atoms with E-state index in [9.17, 15) is 0 Å². The molecule has 0 bridgehead atoms. The highest BCUT2D eigenvalue weighted by Gasteiger charge is 2.23. The predicted octanol–water partition coefficient (Wildman–Crippen LogP) is 2.33. The average Bonchev–Trinajstić information content (AvgIpc) is 2.94. The zero-order valence-electron chi connectivity index (χ0n) is 9.90. The molecule has 1 fully saturated rings. The molecule has 0 aromatic carbocycles. The lowest BCUT2D eigenvalue weighted by atomic mass is 10.2. The number of nitrogens with zero attached hydrogens (tertiary/aromatic N) is 2. The van der Waals surface area contributed by atoms with Gasteiger partial charge in [-0.3, -0.25) is 0 Å². The van der Waals surface area contributed by atoms with Gasteiger partial charge >= 0.3 is 0 Å². The van der Waals surface area contributed by atoms with Crippen LogP contribution in [0.1, 0.15) is 32.0 Å². The van der Waals surface area contributed by atoms with Crippen LogP contribution in [-0.2, 0) is 11.2 Å². The van der Waals surface area contributed by atoms with Crippen molar-refractivity contribution in [2.75, 3.05) is 19.0 Å². The van der Waals surface area contributed by atoms with E-state index in [0.717, 1.165) is 23.3 Å². The molecule has 1 unspecified atom stereocenters. The standard InChI is InChI=1S/C11H19N3OS/c1-8(7-9-3-4-9)12-11-13-10(14-16-11)5-6-15-2/h8-9H,3-7H2,1-2H3,(H,12,13,14). The van der Waals surface area contributed by atoms with Gasteiger partial charge in [0.15, 0.2) is 0 Å². The molecule has 1 aromatic heterocycles. The first-order valence-corrected chi connectivity index (χ1v) is 6.63. The fourth-order valence-corrected chi connectivity index (χ4v) is 2.45. The molecule has 1 N–H and O–H groups in total. The maximum atomic E-state index is 5.00. The predicted molar refractivity (Wildman–Crippen MR) is 65.9 cm³/mol. The quantitative estimate of drug-likeness (QED) is 0.796. The first-order chi connectivity index (χ1) is 7.78. The molecule has 1 aromatic rings. The molecular formula is C11H19N3OS. The maximum Gasteiger partial charge on any atom is 0.202 e. The summed E-state index contributed by atoms with van der Waals surface area (Å²) in [6, 6.07) is 0.510. The molecule has 0 aliphatic heterocycles. The Balaban J connectivity index is 1.76. The Morgan fingerprint density at radius 1 is 1.56 bits per heavy atom. The van der Waals surface area contributed by atoms with E-state index in [1.54, 1.807) is 7.11 Å². The van der Waals surface area contributed by atoms with Crippen LogP contribution in [0.25, 0.3) is 0 Å². The third-order valence-electron chi connectivity index (χ3n) is 2.75. The summed E-state index contributed by atoms with van der Waals surface area (Å²) in [6.07, 6.45) is 4.86. The van der Waals surface area contributed by atoms with Gasteiger partial charge in [0, 0.05) is 31.1 Å². The van der Waals surface area contributed by atoms with Gasteiger partial charge in [-0.25, -0.2) is 4.98 Å². The van der Waals surface area contributed by atoms with Crippen LogP contribution in [0.3, 0.4) is 0 Å². The van der Waals surface area contributed by atoms with Gasteiger partial charge in [0.2, 0.25) is 5.13 Å². The molecule has 90 valence electrons. The van der Waals surface area contributed by atoms with E-state index in [2.05, 4.69) is 21.6 Å². The Morgan fingerprint density at radius 2 is 2.38 bits per heavy atom. The summed E-state index contributed by atoms with van der Waals surface area (Å²) in [5.41, 5.74) is 0. The molecule has 0 radical (unpaired) electrons. The largest absolute Gasteiger partial charge is 0.384 e. The molecule has 0 amide bonds. The lowest BCUT2D eigenvalue weighted by Crippen LogP contribution is -2.15. The van der Waals surface area contributed by atoms with Crippen molar-refractivity contribution in [3.05, 3.63) is 5.82 Å². The van der Waals surface area contributed by atoms with Crippen molar-refractivity contribution in [2.45, 2.75) is 38.6 Å². The van der Waals surface area contributed by atoms with Gasteiger partial charge in [-0.05, 0) is 19.3 Å². The van der Waals surface area contributed by atoms with Crippen LogP contribution < -0.4 is 5.32 Å². The van der Waals surface area contributed by atoms with Crippen molar-refractivity contribution in [3.8, 4) is 0 Å². The van der Waals surface area contributed by atoms with Crippen LogP contribution in [0.4, 0.5) is 5.13 Å². The fourth-order valence-electron chi connectivity index (χ4n) is 1.73. The maximum absolute atomic E-state index is 5.00. The minimum absolute atomic E-state index is 0.510. The van der Waals surface area contributed by atoms with E-state index in [1.165, 1.54) is 30.8 Å². The number of ether oxygens (including phenoxy) is 1. The zero-order chi connectivity index (χ0) is 11.4. The summed E-state index contributed by atoms with van der Waals surface area (Å²) >= 11 is 1.45. The molecule has 2 rings (SSSR count). The van der Waals surface area contributed by atoms with Crippen molar-refractivity contribution in [1.82, 2.24) is 9.36 Å². The van der Waals surface area contributed by atoms with E-state index < -0.39 is 0 Å². The Labute approximate surface area is 101 Å². The third kappa shape index (κ3) is 3.72. The molecule has 1 saturated carbocycles. The molecule has 4 nitrogen and oxygen atoms in total. The topological polar surface area (TPSA) is 47.0 Å². The Kier molecular flexibility index (Phi) is 4.12. The smallest absolute Gasteiger partial charge is 0.202 e. The van der Waals surface area contributed by atoms with Crippen molar-refractivity contribution in [1.29, 1.82) is 0 Å². The Hall–Kier alpha value is -0.680. The second-order valence-corrected chi connectivity index (χ2v) is 5.23. The van der Waals surface area contributed by atoms with Crippen LogP contribution >= 0.6 is 11.5 Å². The minimum atomic E-state index is 0.510. The van der Waals surface area contributed by atoms with E-state index >= 15 is 0 Å². The third-order valence-corrected chi connectivity index (χ3v) is 3.44. The summed E-state index contributed by atoms with van der Waals surface area (Å²) in [7, 11) is 1.70. The monoisotopic (exact) mass is 241 g/mol. The van der Waals surface area contributed by atoms with Crippen molar-refractivity contribution in [3.63, 3.8) is 0 Å². The fraction of sp³-hybridized carbons (Fsp3) is 0.818. The van der Waals surface area contributed by atoms with Gasteiger partial charge in [-0.1, -0.05) is 12.8 Å². The second kappa shape index (κ2) is 5.59. The number of methoxy groups -OCH3 is 1. The summed E-state index contributed by atoms with van der Waals surface area (Å²) in [6.45, 7) is 2.91. The van der Waals surface area contributed by atoms with Crippen molar-refractivity contribution in [2.24, 2.45) is 5.92 Å². The zero-order valence-corrected chi connectivity index (χ0v) is 10.7. The average molecular weight is 241 g/mol. The van der Waals surface area contributed by atoms with Gasteiger partial charge in [0.1, 0.15) is 5.82 Å². The SMILES string of the molecule is COCCc1nsc(NC(C)CC2CC2)n1. The molecule has 1 atom stereocenters. The number of hydrogen-bond acceptors (Lipinski definition) is 5. The van der Waals surface area contributed by atoms with Gasteiger partial charge in [-0.15, -0.1) is 0 Å². The molecule has 0 spiro atoms. The van der Waals surface area contributed by atoms with Crippen LogP contribution in [0.5, 0.6) is 0 Å². The van der Waals surface area contributed by atoms with E-state index in [4.69, 9.17) is 4.74 Å². The lowest BCUT2D eigenvalue weighted by Gasteiger charge is -2.10. The molecular weight excluding hydrogens is 222 g/mol. The first kappa shape index (κ1) is 11.8. The van der Waals surface area contributed by atoms with Crippen LogP contribution in [0, 0.1) is 5.92 Å². The summed E-state index contributed by atoms with van der Waals surface area (Å²) in [5, 5.41) is 4.36. The number of aromatic nitrogens is 2. The lowest BCUT2D eigenvalue weighted by molar-refractivity contribution is 0.201. The molecule has 5 heteroatoms. The van der Waals surface area contributed by atoms with Gasteiger partial charge in [-0.2, -0.15) is 4.37 Å². The van der Waals surface area contributed by atoms with Crippen LogP contribution in [0.15, 0.2) is 0 Å². The molecule has 1 aliphatic carbocycles. The first-order valence-electron chi connectivity index (χ1n) is 5.86. The summed E-state index contributed by atoms with van der Waals surface area (Å²) in [4.78, 5) is 4.43. The van der Waals surface area contributed by atoms with Gasteiger partial charge in [0.25, 0.3) is 0 Å². The second-order valence-electron chi connectivity index (χ2n) is 4.48.